The van der Waals surface area contributed by atoms with Crippen LogP contribution in [0.2, 0.25) is 0 Å². The molecule has 0 bridgehead atoms. The van der Waals surface area contributed by atoms with E-state index in [1.54, 1.807) is 0 Å². The van der Waals surface area contributed by atoms with Crippen LogP contribution in [0.5, 0.6) is 0 Å². The molecule has 0 spiro atoms. The van der Waals surface area contributed by atoms with Crippen LogP contribution in [0.25, 0.3) is 10.4 Å². The van der Waals surface area contributed by atoms with Crippen molar-refractivity contribution < 1.29 is 22.8 Å². The number of azide groups is 1. The smallest absolute Gasteiger partial charge is 0.335 e. The number of halogens is 3. The molecular weight excluding hydrogens is 291 g/mol. The van der Waals surface area contributed by atoms with Gasteiger partial charge < -0.3 is 10.2 Å². The zero-order valence-corrected chi connectivity index (χ0v) is 10.3. The normalized spacial score (nSPS) is 18.4. The molecule has 21 heavy (non-hydrogen) atoms. The summed E-state index contributed by atoms with van der Waals surface area (Å²) in [4.78, 5) is 26.7. The van der Waals surface area contributed by atoms with E-state index in [2.05, 4.69) is 15.3 Å². The Morgan fingerprint density at radius 1 is 1.33 bits per heavy atom. The minimum atomic E-state index is -4.67. The maximum atomic E-state index is 12.6. The van der Waals surface area contributed by atoms with Crippen LogP contribution in [0.4, 0.5) is 18.9 Å². The Balaban J connectivity index is 2.55. The van der Waals surface area contributed by atoms with Crippen molar-refractivity contribution in [3.8, 4) is 0 Å². The quantitative estimate of drug-likeness (QED) is 0.513. The van der Waals surface area contributed by atoms with Crippen molar-refractivity contribution in [3.63, 3.8) is 0 Å². The van der Waals surface area contributed by atoms with Crippen molar-refractivity contribution in [2.45, 2.75) is 12.3 Å². The van der Waals surface area contributed by atoms with Crippen LogP contribution in [-0.4, -0.2) is 30.7 Å². The number of benzene rings is 1. The van der Waals surface area contributed by atoms with E-state index in [0.717, 1.165) is 0 Å². The molecule has 7 nitrogen and oxygen atoms in total. The molecule has 0 aliphatic carbocycles. The SMILES string of the molecule is [N-]=[N+]=NC1NC(=O)c2ccccc2N(CC(F)(F)F)C1=O. The van der Waals surface area contributed by atoms with Gasteiger partial charge in [-0.15, -0.1) is 0 Å². The molecule has 0 aromatic heterocycles. The molecule has 1 aliphatic rings. The zero-order valence-electron chi connectivity index (χ0n) is 10.3. The molecule has 1 atom stereocenters. The third-order valence-electron chi connectivity index (χ3n) is 2.71. The lowest BCUT2D eigenvalue weighted by Gasteiger charge is -2.24. The molecular formula is C11H8F3N5O2. The monoisotopic (exact) mass is 299 g/mol. The van der Waals surface area contributed by atoms with Crippen molar-refractivity contribution >= 4 is 17.5 Å². The number of para-hydroxylation sites is 1. The lowest BCUT2D eigenvalue weighted by Crippen LogP contribution is -2.47. The van der Waals surface area contributed by atoms with Gasteiger partial charge in [-0.3, -0.25) is 9.59 Å². The van der Waals surface area contributed by atoms with Gasteiger partial charge in [-0.05, 0) is 17.7 Å². The molecule has 0 saturated carbocycles. The van der Waals surface area contributed by atoms with E-state index >= 15 is 0 Å². The number of rotatable bonds is 2. The van der Waals surface area contributed by atoms with E-state index < -0.39 is 30.7 Å². The Hall–Kier alpha value is -2.74. The van der Waals surface area contributed by atoms with Crippen LogP contribution in [0.3, 0.4) is 0 Å². The molecule has 0 radical (unpaired) electrons. The van der Waals surface area contributed by atoms with Gasteiger partial charge in [0.25, 0.3) is 11.8 Å². The summed E-state index contributed by atoms with van der Waals surface area (Å²) in [6, 6.07) is 5.34. The fraction of sp³-hybridized carbons (Fsp3) is 0.273. The highest BCUT2D eigenvalue weighted by Gasteiger charge is 2.39. The van der Waals surface area contributed by atoms with E-state index in [4.69, 9.17) is 5.53 Å². The number of fused-ring (bicyclic) bond motifs is 1. The lowest BCUT2D eigenvalue weighted by atomic mass is 10.1. The van der Waals surface area contributed by atoms with Crippen LogP contribution in [0.15, 0.2) is 29.4 Å². The summed E-state index contributed by atoms with van der Waals surface area (Å²) in [5.41, 5.74) is 8.07. The highest BCUT2D eigenvalue weighted by atomic mass is 19.4. The average molecular weight is 299 g/mol. The maximum Gasteiger partial charge on any atom is 0.406 e. The maximum absolute atomic E-state index is 12.6. The third-order valence-corrected chi connectivity index (χ3v) is 2.71. The molecule has 10 heteroatoms. The van der Waals surface area contributed by atoms with Crippen LogP contribution in [0, 0.1) is 0 Å². The topological polar surface area (TPSA) is 98.2 Å². The summed E-state index contributed by atoms with van der Waals surface area (Å²) in [5.74, 6) is -1.94. The van der Waals surface area contributed by atoms with Crippen LogP contribution >= 0.6 is 0 Å². The Morgan fingerprint density at radius 3 is 2.62 bits per heavy atom. The highest BCUT2D eigenvalue weighted by molar-refractivity contribution is 6.10. The Bertz CT molecular complexity index is 639. The second kappa shape index (κ2) is 5.33. The van der Waals surface area contributed by atoms with E-state index in [1.807, 2.05) is 0 Å². The van der Waals surface area contributed by atoms with Gasteiger partial charge >= 0.3 is 6.18 Å². The molecule has 0 saturated heterocycles. The van der Waals surface area contributed by atoms with Gasteiger partial charge in [0.1, 0.15) is 6.54 Å². The minimum absolute atomic E-state index is 0.106. The third kappa shape index (κ3) is 3.06. The summed E-state index contributed by atoms with van der Waals surface area (Å²) in [6.45, 7) is -1.59. The summed E-state index contributed by atoms with van der Waals surface area (Å²) in [7, 11) is 0. The van der Waals surface area contributed by atoms with E-state index in [9.17, 15) is 22.8 Å². The van der Waals surface area contributed by atoms with Gasteiger partial charge in [-0.25, -0.2) is 0 Å². The van der Waals surface area contributed by atoms with E-state index in [1.165, 1.54) is 24.3 Å². The van der Waals surface area contributed by atoms with Crippen molar-refractivity contribution in [2.75, 3.05) is 11.4 Å². The number of hydrogen-bond donors (Lipinski definition) is 1. The van der Waals surface area contributed by atoms with Crippen molar-refractivity contribution in [1.82, 2.24) is 5.32 Å². The number of anilines is 1. The predicted octanol–water partition coefficient (Wildman–Crippen LogP) is 1.96. The Labute approximate surface area is 116 Å². The Kier molecular flexibility index (Phi) is 3.72. The molecule has 1 N–H and O–H groups in total. The fourth-order valence-electron chi connectivity index (χ4n) is 1.90. The van der Waals surface area contributed by atoms with E-state index in [0.29, 0.717) is 4.90 Å². The minimum Gasteiger partial charge on any atom is -0.335 e. The highest BCUT2D eigenvalue weighted by Crippen LogP contribution is 2.28. The van der Waals surface area contributed by atoms with Gasteiger partial charge in [-0.2, -0.15) is 13.2 Å². The zero-order chi connectivity index (χ0) is 15.6. The number of nitrogens with one attached hydrogen (secondary N) is 1. The average Bonchev–Trinajstić information content (AvgIpc) is 2.50. The number of hydrogen-bond acceptors (Lipinski definition) is 3. The molecule has 2 rings (SSSR count). The largest absolute Gasteiger partial charge is 0.406 e. The van der Waals surface area contributed by atoms with Crippen LogP contribution < -0.4 is 10.2 Å². The standard InChI is InChI=1S/C11H8F3N5O2/c12-11(13,14)5-19-7-4-2-1-3-6(7)9(20)16-8(10(19)21)17-18-15/h1-4,8H,5H2,(H,16,20). The first-order valence-electron chi connectivity index (χ1n) is 5.66. The number of nitrogens with zero attached hydrogens (tertiary/aromatic N) is 4. The van der Waals surface area contributed by atoms with Crippen molar-refractivity contribution in [1.29, 1.82) is 0 Å². The van der Waals surface area contributed by atoms with Gasteiger partial charge in [0.05, 0.1) is 11.3 Å². The van der Waals surface area contributed by atoms with Crippen molar-refractivity contribution in [2.24, 2.45) is 5.11 Å². The second-order valence-electron chi connectivity index (χ2n) is 4.14. The summed E-state index contributed by atoms with van der Waals surface area (Å²) in [6.07, 6.45) is -6.39. The molecule has 0 fully saturated rings. The molecule has 1 aromatic carbocycles. The summed E-state index contributed by atoms with van der Waals surface area (Å²) < 4.78 is 37.9. The number of carbonyl (C=O) groups is 2. The number of alkyl halides is 3. The van der Waals surface area contributed by atoms with Gasteiger partial charge in [-0.1, -0.05) is 17.2 Å². The second-order valence-corrected chi connectivity index (χ2v) is 4.14. The van der Waals surface area contributed by atoms with Crippen molar-refractivity contribution in [3.05, 3.63) is 40.3 Å². The molecule has 1 heterocycles. The van der Waals surface area contributed by atoms with Crippen LogP contribution in [-0.2, 0) is 4.79 Å². The first kappa shape index (κ1) is 14.7. The first-order valence-corrected chi connectivity index (χ1v) is 5.66. The number of amides is 2. The van der Waals surface area contributed by atoms with Gasteiger partial charge in [0.15, 0.2) is 6.17 Å². The molecule has 1 aliphatic heterocycles. The van der Waals surface area contributed by atoms with E-state index in [-0.39, 0.29) is 11.3 Å². The number of carbonyl (C=O) groups excluding carboxylic acids is 2. The molecule has 1 aromatic rings. The fourth-order valence-corrected chi connectivity index (χ4v) is 1.90. The Morgan fingerprint density at radius 2 is 2.00 bits per heavy atom. The summed E-state index contributed by atoms with van der Waals surface area (Å²) >= 11 is 0. The summed E-state index contributed by atoms with van der Waals surface area (Å²) in [5, 5.41) is 5.11. The molecule has 2 amide bonds. The van der Waals surface area contributed by atoms with Gasteiger partial charge in [0.2, 0.25) is 0 Å². The first-order chi connectivity index (χ1) is 9.83. The molecule has 110 valence electrons. The molecule has 1 unspecified atom stereocenters. The predicted molar refractivity (Wildman–Crippen MR) is 65.3 cm³/mol. The van der Waals surface area contributed by atoms with Crippen LogP contribution in [0.1, 0.15) is 10.4 Å². The lowest BCUT2D eigenvalue weighted by molar-refractivity contribution is -0.133. The van der Waals surface area contributed by atoms with Gasteiger partial charge in [0, 0.05) is 4.91 Å².